The lowest BCUT2D eigenvalue weighted by molar-refractivity contribution is 0.0915. The molecule has 0 spiro atoms. The van der Waals surface area contributed by atoms with Gasteiger partial charge in [-0.1, -0.05) is 31.0 Å². The predicted molar refractivity (Wildman–Crippen MR) is 87.0 cm³/mol. The highest BCUT2D eigenvalue weighted by Gasteiger charge is 2.32. The van der Waals surface area contributed by atoms with Crippen LogP contribution in [0.5, 0.6) is 0 Å². The van der Waals surface area contributed by atoms with E-state index >= 15 is 0 Å². The molecule has 4 rings (SSSR count). The van der Waals surface area contributed by atoms with E-state index < -0.39 is 0 Å². The lowest BCUT2D eigenvalue weighted by Crippen LogP contribution is -2.33. The Labute approximate surface area is 140 Å². The van der Waals surface area contributed by atoms with Gasteiger partial charge in [0.15, 0.2) is 11.6 Å². The summed E-state index contributed by atoms with van der Waals surface area (Å²) in [6, 6.07) is 6.38. The highest BCUT2D eigenvalue weighted by Crippen LogP contribution is 2.39. The average molecular weight is 328 g/mol. The van der Waals surface area contributed by atoms with Gasteiger partial charge in [0.05, 0.1) is 6.04 Å². The zero-order chi connectivity index (χ0) is 16.5. The van der Waals surface area contributed by atoms with Gasteiger partial charge in [-0.3, -0.25) is 4.79 Å². The van der Waals surface area contributed by atoms with Gasteiger partial charge in [-0.2, -0.15) is 0 Å². The van der Waals surface area contributed by atoms with Gasteiger partial charge in [0.2, 0.25) is 0 Å². The summed E-state index contributed by atoms with van der Waals surface area (Å²) in [4.78, 5) is 16.9. The van der Waals surface area contributed by atoms with Crippen molar-refractivity contribution in [3.8, 4) is 0 Å². The van der Waals surface area contributed by atoms with E-state index in [1.807, 2.05) is 6.07 Å². The molecule has 5 heteroatoms. The van der Waals surface area contributed by atoms with Crippen molar-refractivity contribution in [2.75, 3.05) is 0 Å². The zero-order valence-electron chi connectivity index (χ0n) is 13.5. The summed E-state index contributed by atoms with van der Waals surface area (Å²) in [6.45, 7) is 0. The number of rotatable bonds is 5. The van der Waals surface area contributed by atoms with Crippen molar-refractivity contribution in [3.05, 3.63) is 53.5 Å². The molecule has 0 bridgehead atoms. The van der Waals surface area contributed by atoms with Crippen LogP contribution in [0, 0.1) is 11.7 Å². The maximum Gasteiger partial charge on any atom is 0.273 e. The molecule has 24 heavy (non-hydrogen) atoms. The summed E-state index contributed by atoms with van der Waals surface area (Å²) in [7, 11) is 0. The molecule has 2 aliphatic rings. The Hall–Kier alpha value is -2.17. The molecule has 1 N–H and O–H groups in total. The van der Waals surface area contributed by atoms with Gasteiger partial charge >= 0.3 is 0 Å². The van der Waals surface area contributed by atoms with Crippen LogP contribution >= 0.6 is 0 Å². The number of oxazole rings is 1. The lowest BCUT2D eigenvalue weighted by Gasteiger charge is -2.25. The summed E-state index contributed by atoms with van der Waals surface area (Å²) < 4.78 is 19.7. The second kappa shape index (κ2) is 6.38. The average Bonchev–Trinajstić information content (AvgIpc) is 3.11. The van der Waals surface area contributed by atoms with Crippen molar-refractivity contribution in [1.29, 1.82) is 0 Å². The van der Waals surface area contributed by atoms with Crippen LogP contribution in [0.25, 0.3) is 0 Å². The Morgan fingerprint density at radius 2 is 1.96 bits per heavy atom. The van der Waals surface area contributed by atoms with Crippen molar-refractivity contribution in [1.82, 2.24) is 10.3 Å². The molecule has 2 fully saturated rings. The first-order valence-electron chi connectivity index (χ1n) is 8.73. The number of nitrogens with zero attached hydrogens (tertiary/aromatic N) is 1. The molecule has 2 aliphatic carbocycles. The number of amides is 1. The third-order valence-electron chi connectivity index (χ3n) is 5.08. The van der Waals surface area contributed by atoms with E-state index in [0.717, 1.165) is 38.5 Å². The van der Waals surface area contributed by atoms with Crippen molar-refractivity contribution in [2.45, 2.75) is 50.5 Å². The van der Waals surface area contributed by atoms with Crippen LogP contribution in [0.15, 0.2) is 34.9 Å². The molecular formula is C19H21FN2O2. The molecule has 1 aromatic carbocycles. The predicted octanol–water partition coefficient (Wildman–Crippen LogP) is 4.35. The van der Waals surface area contributed by atoms with Crippen LogP contribution in [-0.2, 0) is 0 Å². The first-order valence-corrected chi connectivity index (χ1v) is 8.73. The monoisotopic (exact) mass is 328 g/mol. The number of aromatic nitrogens is 1. The molecule has 2 saturated carbocycles. The first kappa shape index (κ1) is 15.4. The number of nitrogens with one attached hydrogen (secondary N) is 1. The number of carbonyl (C=O) groups is 1. The minimum absolute atomic E-state index is 0.264. The maximum atomic E-state index is 14.3. The van der Waals surface area contributed by atoms with Crippen molar-refractivity contribution < 1.29 is 13.6 Å². The fourth-order valence-corrected chi connectivity index (χ4v) is 3.59. The Morgan fingerprint density at radius 3 is 2.67 bits per heavy atom. The van der Waals surface area contributed by atoms with Gasteiger partial charge in [-0.25, -0.2) is 9.37 Å². The van der Waals surface area contributed by atoms with Gasteiger partial charge < -0.3 is 9.73 Å². The molecule has 0 saturated heterocycles. The quantitative estimate of drug-likeness (QED) is 0.887. The minimum atomic E-state index is -0.317. The molecule has 0 radical (unpaired) electrons. The van der Waals surface area contributed by atoms with E-state index in [0.29, 0.717) is 17.4 Å². The van der Waals surface area contributed by atoms with Crippen LogP contribution < -0.4 is 5.32 Å². The fourth-order valence-electron chi connectivity index (χ4n) is 3.59. The van der Waals surface area contributed by atoms with Gasteiger partial charge in [0.1, 0.15) is 12.1 Å². The van der Waals surface area contributed by atoms with Crippen LogP contribution in [0.4, 0.5) is 4.39 Å². The van der Waals surface area contributed by atoms with Crippen molar-refractivity contribution >= 4 is 5.91 Å². The normalized spacial score (nSPS) is 19.4. The number of hydrogen-bond donors (Lipinski definition) is 1. The van der Waals surface area contributed by atoms with Crippen molar-refractivity contribution in [3.63, 3.8) is 0 Å². The summed E-state index contributed by atoms with van der Waals surface area (Å²) >= 11 is 0. The van der Waals surface area contributed by atoms with E-state index in [-0.39, 0.29) is 29.4 Å². The van der Waals surface area contributed by atoms with E-state index in [1.54, 1.807) is 12.1 Å². The van der Waals surface area contributed by atoms with Gasteiger partial charge in [0.25, 0.3) is 5.91 Å². The summed E-state index contributed by atoms with van der Waals surface area (Å²) in [5, 5.41) is 3.00. The second-order valence-corrected chi connectivity index (χ2v) is 6.86. The zero-order valence-corrected chi connectivity index (χ0v) is 13.5. The first-order chi connectivity index (χ1) is 11.7. The van der Waals surface area contributed by atoms with Crippen molar-refractivity contribution in [2.24, 2.45) is 5.92 Å². The fraction of sp³-hybridized carbons (Fsp3) is 0.474. The summed E-state index contributed by atoms with van der Waals surface area (Å²) in [5.41, 5.74) is 0.847. The molecule has 1 amide bonds. The summed E-state index contributed by atoms with van der Waals surface area (Å²) in [5.74, 6) is 0.715. The number of hydrogen-bond acceptors (Lipinski definition) is 3. The van der Waals surface area contributed by atoms with Gasteiger partial charge in [-0.05, 0) is 37.7 Å². The van der Waals surface area contributed by atoms with E-state index in [1.165, 1.54) is 12.3 Å². The topological polar surface area (TPSA) is 55.1 Å². The van der Waals surface area contributed by atoms with Gasteiger partial charge in [-0.15, -0.1) is 0 Å². The maximum absolute atomic E-state index is 14.3. The van der Waals surface area contributed by atoms with Crippen LogP contribution in [0.3, 0.4) is 0 Å². The molecular weight excluding hydrogens is 307 g/mol. The number of halogens is 1. The Balaban J connectivity index is 1.56. The van der Waals surface area contributed by atoms with E-state index in [2.05, 4.69) is 10.3 Å². The third kappa shape index (κ3) is 3.07. The molecule has 1 aromatic heterocycles. The molecule has 4 nitrogen and oxygen atoms in total. The van der Waals surface area contributed by atoms with Crippen LogP contribution in [0.2, 0.25) is 0 Å². The molecule has 126 valence electrons. The van der Waals surface area contributed by atoms with Crippen LogP contribution in [-0.4, -0.2) is 10.9 Å². The van der Waals surface area contributed by atoms with E-state index in [9.17, 15) is 9.18 Å². The number of benzene rings is 1. The number of carbonyl (C=O) groups excluding carboxylic acids is 1. The van der Waals surface area contributed by atoms with E-state index in [4.69, 9.17) is 4.42 Å². The standard InChI is InChI=1S/C19H21FN2O2/c20-15-8-4-3-7-14(15)17(12-5-1-2-6-12)22-18(23)16-11-24-19(21-16)13-9-10-13/h3-4,7-8,11-13,17H,1-2,5-6,9-10H2,(H,22,23). The largest absolute Gasteiger partial charge is 0.448 e. The third-order valence-corrected chi connectivity index (χ3v) is 5.08. The molecule has 1 atom stereocenters. The molecule has 2 aromatic rings. The van der Waals surface area contributed by atoms with Gasteiger partial charge in [0, 0.05) is 11.5 Å². The molecule has 1 heterocycles. The Morgan fingerprint density at radius 1 is 1.21 bits per heavy atom. The Kier molecular flexibility index (Phi) is 4.08. The summed E-state index contributed by atoms with van der Waals surface area (Å²) in [6.07, 6.45) is 7.82. The second-order valence-electron chi connectivity index (χ2n) is 6.86. The highest BCUT2D eigenvalue weighted by atomic mass is 19.1. The smallest absolute Gasteiger partial charge is 0.273 e. The van der Waals surface area contributed by atoms with Crippen LogP contribution in [0.1, 0.15) is 72.4 Å². The Bertz CT molecular complexity index is 732. The highest BCUT2D eigenvalue weighted by molar-refractivity contribution is 5.92. The molecule has 0 aliphatic heterocycles. The SMILES string of the molecule is O=C(NC(c1ccccc1F)C1CCCC1)c1coc(C2CC2)n1. The molecule has 1 unspecified atom stereocenters. The lowest BCUT2D eigenvalue weighted by atomic mass is 9.91. The minimum Gasteiger partial charge on any atom is -0.448 e.